The third-order valence-electron chi connectivity index (χ3n) is 2.28. The van der Waals surface area contributed by atoms with E-state index in [1.807, 2.05) is 18.2 Å². The molecule has 3 N–H and O–H groups in total. The lowest BCUT2D eigenvalue weighted by molar-refractivity contribution is -0.117. The number of fused-ring (bicyclic) bond motifs is 1. The van der Waals surface area contributed by atoms with Gasteiger partial charge in [-0.05, 0) is 12.1 Å². The first-order valence-electron chi connectivity index (χ1n) is 4.66. The Morgan fingerprint density at radius 3 is 2.81 bits per heavy atom. The Labute approximate surface area is 99.9 Å². The Balaban J connectivity index is 2.46. The summed E-state index contributed by atoms with van der Waals surface area (Å²) in [7, 11) is 0. The van der Waals surface area contributed by atoms with Gasteiger partial charge in [-0.1, -0.05) is 22.0 Å². The Bertz CT molecular complexity index is 574. The molecule has 0 aliphatic rings. The van der Waals surface area contributed by atoms with Crippen molar-refractivity contribution in [3.8, 4) is 0 Å². The highest BCUT2D eigenvalue weighted by Gasteiger charge is 2.13. The molecule has 5 heteroatoms. The van der Waals surface area contributed by atoms with E-state index in [9.17, 15) is 9.59 Å². The molecule has 2 aromatic rings. The Morgan fingerprint density at radius 2 is 2.12 bits per heavy atom. The number of amides is 1. The molecule has 0 fully saturated rings. The summed E-state index contributed by atoms with van der Waals surface area (Å²) in [5, 5.41) is 0.800. The molecule has 0 bridgehead atoms. The molecule has 4 nitrogen and oxygen atoms in total. The number of hydrogen-bond acceptors (Lipinski definition) is 2. The standard InChI is InChI=1S/C11H9BrN2O2/c12-6-1-2-7-8(5-14-9(7)3-6)10(15)4-11(13)16/h1-3,5,14H,4H2,(H2,13,16). The van der Waals surface area contributed by atoms with E-state index in [-0.39, 0.29) is 12.2 Å². The highest BCUT2D eigenvalue weighted by molar-refractivity contribution is 9.10. The molecule has 0 spiro atoms. The van der Waals surface area contributed by atoms with Gasteiger partial charge in [-0.15, -0.1) is 0 Å². The molecule has 0 aliphatic carbocycles. The molecule has 2 rings (SSSR count). The van der Waals surface area contributed by atoms with Gasteiger partial charge in [0.1, 0.15) is 0 Å². The Morgan fingerprint density at radius 1 is 1.38 bits per heavy atom. The van der Waals surface area contributed by atoms with E-state index < -0.39 is 5.91 Å². The minimum absolute atomic E-state index is 0.261. The molecule has 0 saturated heterocycles. The molecule has 0 unspecified atom stereocenters. The summed E-state index contributed by atoms with van der Waals surface area (Å²) < 4.78 is 0.927. The van der Waals surface area contributed by atoms with E-state index in [0.29, 0.717) is 5.56 Å². The fourth-order valence-corrected chi connectivity index (χ4v) is 1.94. The number of benzene rings is 1. The molecular weight excluding hydrogens is 272 g/mol. The van der Waals surface area contributed by atoms with Crippen LogP contribution in [0.3, 0.4) is 0 Å². The zero-order chi connectivity index (χ0) is 11.7. The number of hydrogen-bond donors (Lipinski definition) is 2. The van der Waals surface area contributed by atoms with Gasteiger partial charge in [0.15, 0.2) is 5.78 Å². The maximum absolute atomic E-state index is 11.7. The normalized spacial score (nSPS) is 10.6. The number of rotatable bonds is 3. The summed E-state index contributed by atoms with van der Waals surface area (Å²) in [6, 6.07) is 5.54. The topological polar surface area (TPSA) is 76.0 Å². The number of ketones is 1. The predicted molar refractivity (Wildman–Crippen MR) is 64.1 cm³/mol. The SMILES string of the molecule is NC(=O)CC(=O)c1c[nH]c2cc(Br)ccc12. The first-order valence-corrected chi connectivity index (χ1v) is 5.45. The lowest BCUT2D eigenvalue weighted by Crippen LogP contribution is -2.15. The van der Waals surface area contributed by atoms with Gasteiger partial charge in [0.05, 0.1) is 6.42 Å². The van der Waals surface area contributed by atoms with E-state index in [2.05, 4.69) is 20.9 Å². The number of aromatic nitrogens is 1. The number of nitrogens with one attached hydrogen (secondary N) is 1. The van der Waals surface area contributed by atoms with Crippen molar-refractivity contribution in [1.29, 1.82) is 0 Å². The minimum Gasteiger partial charge on any atom is -0.369 e. The molecule has 1 aromatic heterocycles. The van der Waals surface area contributed by atoms with Crippen LogP contribution < -0.4 is 5.73 Å². The first kappa shape index (κ1) is 10.9. The van der Waals surface area contributed by atoms with Crippen LogP contribution in [0.1, 0.15) is 16.8 Å². The molecular formula is C11H9BrN2O2. The second kappa shape index (κ2) is 4.09. The molecule has 1 heterocycles. The smallest absolute Gasteiger partial charge is 0.225 e. The number of primary amides is 1. The average molecular weight is 281 g/mol. The minimum atomic E-state index is -0.614. The van der Waals surface area contributed by atoms with Gasteiger partial charge in [-0.2, -0.15) is 0 Å². The van der Waals surface area contributed by atoms with Gasteiger partial charge in [0, 0.05) is 27.1 Å². The molecule has 82 valence electrons. The summed E-state index contributed by atoms with van der Waals surface area (Å²) in [6.07, 6.45) is 1.34. The largest absolute Gasteiger partial charge is 0.369 e. The first-order chi connectivity index (χ1) is 7.58. The van der Waals surface area contributed by atoms with Gasteiger partial charge in [0.25, 0.3) is 0 Å². The molecule has 0 radical (unpaired) electrons. The van der Waals surface area contributed by atoms with Crippen molar-refractivity contribution in [2.45, 2.75) is 6.42 Å². The van der Waals surface area contributed by atoms with Crippen LogP contribution in [0.25, 0.3) is 10.9 Å². The van der Waals surface area contributed by atoms with Crippen LogP contribution in [0.4, 0.5) is 0 Å². The molecule has 1 amide bonds. The van der Waals surface area contributed by atoms with Crippen LogP contribution in [0.2, 0.25) is 0 Å². The maximum atomic E-state index is 11.7. The lowest BCUT2D eigenvalue weighted by Gasteiger charge is -1.96. The highest BCUT2D eigenvalue weighted by Crippen LogP contribution is 2.23. The monoisotopic (exact) mass is 280 g/mol. The summed E-state index contributed by atoms with van der Waals surface area (Å²) in [4.78, 5) is 25.3. The Hall–Kier alpha value is -1.62. The van der Waals surface area contributed by atoms with Crippen LogP contribution in [-0.2, 0) is 4.79 Å². The van der Waals surface area contributed by atoms with Crippen LogP contribution in [0.5, 0.6) is 0 Å². The summed E-state index contributed by atoms with van der Waals surface area (Å²) >= 11 is 3.34. The zero-order valence-corrected chi connectivity index (χ0v) is 9.87. The number of Topliss-reactive ketones (excluding diaryl/α,β-unsaturated/α-hetero) is 1. The average Bonchev–Trinajstić information content (AvgIpc) is 2.59. The fourth-order valence-electron chi connectivity index (χ4n) is 1.58. The van der Waals surface area contributed by atoms with E-state index in [1.165, 1.54) is 0 Å². The molecule has 0 aliphatic heterocycles. The van der Waals surface area contributed by atoms with Gasteiger partial charge in [-0.25, -0.2) is 0 Å². The van der Waals surface area contributed by atoms with E-state index in [4.69, 9.17) is 5.73 Å². The number of carbonyl (C=O) groups excluding carboxylic acids is 2. The van der Waals surface area contributed by atoms with E-state index in [1.54, 1.807) is 6.20 Å². The molecule has 1 aromatic carbocycles. The Kier molecular flexibility index (Phi) is 2.78. The predicted octanol–water partition coefficient (Wildman–Crippen LogP) is 1.99. The zero-order valence-electron chi connectivity index (χ0n) is 8.29. The van der Waals surface area contributed by atoms with Crippen molar-refractivity contribution in [3.05, 3.63) is 34.4 Å². The lowest BCUT2D eigenvalue weighted by atomic mass is 10.1. The highest BCUT2D eigenvalue weighted by atomic mass is 79.9. The van der Waals surface area contributed by atoms with Gasteiger partial charge < -0.3 is 10.7 Å². The molecule has 16 heavy (non-hydrogen) atoms. The van der Waals surface area contributed by atoms with Gasteiger partial charge >= 0.3 is 0 Å². The molecule has 0 saturated carbocycles. The van der Waals surface area contributed by atoms with Crippen molar-refractivity contribution in [2.75, 3.05) is 0 Å². The van der Waals surface area contributed by atoms with Gasteiger partial charge in [-0.3, -0.25) is 9.59 Å². The van der Waals surface area contributed by atoms with Crippen LogP contribution in [0, 0.1) is 0 Å². The van der Waals surface area contributed by atoms with Crippen molar-refractivity contribution < 1.29 is 9.59 Å². The van der Waals surface area contributed by atoms with Crippen LogP contribution >= 0.6 is 15.9 Å². The third kappa shape index (κ3) is 1.99. The summed E-state index contributed by atoms with van der Waals surface area (Å²) in [5.74, 6) is -0.877. The number of nitrogens with two attached hydrogens (primary N) is 1. The number of aromatic amines is 1. The third-order valence-corrected chi connectivity index (χ3v) is 2.77. The molecule has 0 atom stereocenters. The number of H-pyrrole nitrogens is 1. The quantitative estimate of drug-likeness (QED) is 0.666. The van der Waals surface area contributed by atoms with E-state index >= 15 is 0 Å². The van der Waals surface area contributed by atoms with Crippen molar-refractivity contribution in [1.82, 2.24) is 4.98 Å². The fraction of sp³-hybridized carbons (Fsp3) is 0.0909. The maximum Gasteiger partial charge on any atom is 0.225 e. The second-order valence-electron chi connectivity index (χ2n) is 3.46. The van der Waals surface area contributed by atoms with Crippen molar-refractivity contribution in [2.24, 2.45) is 5.73 Å². The van der Waals surface area contributed by atoms with Gasteiger partial charge in [0.2, 0.25) is 5.91 Å². The van der Waals surface area contributed by atoms with E-state index in [0.717, 1.165) is 15.4 Å². The summed E-state index contributed by atoms with van der Waals surface area (Å²) in [6.45, 7) is 0. The number of carbonyl (C=O) groups is 2. The van der Waals surface area contributed by atoms with Crippen LogP contribution in [0.15, 0.2) is 28.9 Å². The van der Waals surface area contributed by atoms with Crippen LogP contribution in [-0.4, -0.2) is 16.7 Å². The van der Waals surface area contributed by atoms with Crippen molar-refractivity contribution in [3.63, 3.8) is 0 Å². The summed E-state index contributed by atoms with van der Waals surface area (Å²) in [5.41, 5.74) is 6.34. The second-order valence-corrected chi connectivity index (χ2v) is 4.37. The van der Waals surface area contributed by atoms with Crippen molar-refractivity contribution >= 4 is 38.5 Å². The number of halogens is 1.